The summed E-state index contributed by atoms with van der Waals surface area (Å²) in [6.45, 7) is 2.03. The normalized spacial score (nSPS) is 12.4. The Morgan fingerprint density at radius 1 is 1.15 bits per heavy atom. The lowest BCUT2D eigenvalue weighted by molar-refractivity contribution is 0.692. The van der Waals surface area contributed by atoms with Crippen molar-refractivity contribution in [1.82, 2.24) is 39.7 Å². The summed E-state index contributed by atoms with van der Waals surface area (Å²) in [6.07, 6.45) is 7.59. The summed E-state index contributed by atoms with van der Waals surface area (Å²) in [6, 6.07) is 3.46. The van der Waals surface area contributed by atoms with Crippen molar-refractivity contribution < 1.29 is 0 Å². The molecule has 0 aliphatic carbocycles. The van der Waals surface area contributed by atoms with Gasteiger partial charge >= 0.3 is 0 Å². The van der Waals surface area contributed by atoms with E-state index in [0.717, 1.165) is 11.3 Å². The first kappa shape index (κ1) is 20.6. The molecule has 11 heteroatoms. The van der Waals surface area contributed by atoms with Crippen LogP contribution in [-0.2, 0) is 7.05 Å². The van der Waals surface area contributed by atoms with Crippen LogP contribution in [0.15, 0.2) is 41.7 Å². The van der Waals surface area contributed by atoms with Crippen molar-refractivity contribution in [2.75, 3.05) is 24.3 Å². The summed E-state index contributed by atoms with van der Waals surface area (Å²) in [5.41, 5.74) is 3.39. The van der Waals surface area contributed by atoms with Crippen molar-refractivity contribution in [3.05, 3.63) is 53.1 Å². The number of hydrogen-bond acceptors (Lipinski definition) is 8. The molecule has 3 N–H and O–H groups in total. The Morgan fingerprint density at radius 2 is 1.94 bits per heavy atom. The van der Waals surface area contributed by atoms with Crippen LogP contribution in [0.25, 0.3) is 33.5 Å². The van der Waals surface area contributed by atoms with Crippen molar-refractivity contribution in [3.63, 3.8) is 0 Å². The standard InChI is InChI=1S/C22H24N10O/c1-5-12(20-23-7-6-8-24-20)26-19-17(22(33)29-15-11-32(4)30-18(15)19)21-27-13-9-16(31(2)3)25-10-14(13)28-21/h6-12,26H,5H2,1-4H3,(H,27,28)(H,29,33). The maximum Gasteiger partial charge on any atom is 0.261 e. The zero-order chi connectivity index (χ0) is 23.1. The zero-order valence-electron chi connectivity index (χ0n) is 18.8. The molecule has 5 aromatic heterocycles. The molecule has 0 bridgehead atoms. The van der Waals surface area contributed by atoms with Gasteiger partial charge < -0.3 is 20.2 Å². The minimum atomic E-state index is -0.276. The molecule has 33 heavy (non-hydrogen) atoms. The Balaban J connectivity index is 1.71. The van der Waals surface area contributed by atoms with Gasteiger partial charge in [-0.2, -0.15) is 5.10 Å². The average Bonchev–Trinajstić information content (AvgIpc) is 3.39. The number of aryl methyl sites for hydroxylation is 1. The predicted molar refractivity (Wildman–Crippen MR) is 127 cm³/mol. The van der Waals surface area contributed by atoms with E-state index in [1.807, 2.05) is 39.0 Å². The fourth-order valence-electron chi connectivity index (χ4n) is 3.83. The molecule has 0 fully saturated rings. The van der Waals surface area contributed by atoms with Gasteiger partial charge in [-0.3, -0.25) is 9.48 Å². The minimum Gasteiger partial charge on any atom is -0.372 e. The van der Waals surface area contributed by atoms with E-state index in [0.29, 0.717) is 45.9 Å². The van der Waals surface area contributed by atoms with Crippen LogP contribution in [0.3, 0.4) is 0 Å². The van der Waals surface area contributed by atoms with E-state index >= 15 is 0 Å². The van der Waals surface area contributed by atoms with Crippen LogP contribution in [0.4, 0.5) is 11.5 Å². The van der Waals surface area contributed by atoms with Gasteiger partial charge in [0.2, 0.25) is 0 Å². The van der Waals surface area contributed by atoms with Gasteiger partial charge in [0, 0.05) is 45.8 Å². The second-order valence-corrected chi connectivity index (χ2v) is 8.02. The molecule has 1 atom stereocenters. The number of aromatic amines is 2. The number of fused-ring (bicyclic) bond motifs is 2. The minimum absolute atomic E-state index is 0.219. The quantitative estimate of drug-likeness (QED) is 0.364. The molecule has 5 heterocycles. The van der Waals surface area contributed by atoms with Gasteiger partial charge in [0.15, 0.2) is 0 Å². The summed E-state index contributed by atoms with van der Waals surface area (Å²) in [4.78, 5) is 39.3. The maximum absolute atomic E-state index is 13.3. The van der Waals surface area contributed by atoms with Crippen LogP contribution >= 0.6 is 0 Å². The smallest absolute Gasteiger partial charge is 0.261 e. The molecule has 5 aromatic rings. The van der Waals surface area contributed by atoms with E-state index in [2.05, 4.69) is 40.3 Å². The second kappa shape index (κ2) is 8.01. The van der Waals surface area contributed by atoms with Crippen LogP contribution in [0.5, 0.6) is 0 Å². The van der Waals surface area contributed by atoms with Gasteiger partial charge in [-0.25, -0.2) is 19.9 Å². The number of rotatable bonds is 6. The van der Waals surface area contributed by atoms with E-state index in [-0.39, 0.29) is 11.6 Å². The lowest BCUT2D eigenvalue weighted by Gasteiger charge is -2.18. The van der Waals surface area contributed by atoms with Crippen molar-refractivity contribution in [3.8, 4) is 11.4 Å². The molecule has 0 saturated carbocycles. The molecule has 0 saturated heterocycles. The highest BCUT2D eigenvalue weighted by Crippen LogP contribution is 2.33. The molecule has 0 spiro atoms. The van der Waals surface area contributed by atoms with Gasteiger partial charge in [-0.1, -0.05) is 6.92 Å². The fourth-order valence-corrected chi connectivity index (χ4v) is 3.83. The highest BCUT2D eigenvalue weighted by atomic mass is 16.1. The Morgan fingerprint density at radius 3 is 2.67 bits per heavy atom. The predicted octanol–water partition coefficient (Wildman–Crippen LogP) is 2.62. The zero-order valence-corrected chi connectivity index (χ0v) is 18.8. The molecule has 1 unspecified atom stereocenters. The Labute approximate surface area is 188 Å². The van der Waals surface area contributed by atoms with Crippen LogP contribution in [-0.4, -0.2) is 53.8 Å². The summed E-state index contributed by atoms with van der Waals surface area (Å²) in [5.74, 6) is 1.86. The van der Waals surface area contributed by atoms with Crippen LogP contribution < -0.4 is 15.8 Å². The molecule has 11 nitrogen and oxygen atoms in total. The van der Waals surface area contributed by atoms with Crippen molar-refractivity contribution in [2.45, 2.75) is 19.4 Å². The van der Waals surface area contributed by atoms with Gasteiger partial charge in [0.25, 0.3) is 5.56 Å². The first-order valence-electron chi connectivity index (χ1n) is 10.6. The highest BCUT2D eigenvalue weighted by Gasteiger charge is 2.23. The summed E-state index contributed by atoms with van der Waals surface area (Å²) >= 11 is 0. The number of pyridine rings is 2. The van der Waals surface area contributed by atoms with Crippen molar-refractivity contribution in [2.24, 2.45) is 7.05 Å². The van der Waals surface area contributed by atoms with E-state index in [1.165, 1.54) is 0 Å². The number of aromatic nitrogens is 8. The number of H-pyrrole nitrogens is 2. The number of hydrogen-bond donors (Lipinski definition) is 3. The molecule has 5 rings (SSSR count). The largest absolute Gasteiger partial charge is 0.372 e. The third-order valence-electron chi connectivity index (χ3n) is 5.46. The van der Waals surface area contributed by atoms with Crippen molar-refractivity contribution in [1.29, 1.82) is 0 Å². The molecule has 0 radical (unpaired) electrons. The number of anilines is 2. The first-order chi connectivity index (χ1) is 15.9. The fraction of sp³-hybridized carbons (Fsp3) is 0.273. The summed E-state index contributed by atoms with van der Waals surface area (Å²) in [7, 11) is 5.66. The van der Waals surface area contributed by atoms with Crippen LogP contribution in [0, 0.1) is 0 Å². The monoisotopic (exact) mass is 444 g/mol. The molecule has 0 aliphatic rings. The van der Waals surface area contributed by atoms with E-state index in [4.69, 9.17) is 0 Å². The molecular formula is C22H24N10O. The lowest BCUT2D eigenvalue weighted by Crippen LogP contribution is -2.18. The third-order valence-corrected chi connectivity index (χ3v) is 5.46. The lowest BCUT2D eigenvalue weighted by atomic mass is 10.1. The van der Waals surface area contributed by atoms with E-state index in [9.17, 15) is 4.79 Å². The average molecular weight is 445 g/mol. The summed E-state index contributed by atoms with van der Waals surface area (Å²) in [5, 5.41) is 8.07. The summed E-state index contributed by atoms with van der Waals surface area (Å²) < 4.78 is 1.67. The SMILES string of the molecule is CCC(Nc1c(-c2nc3cnc(N(C)C)cc3[nH]2)c(=O)[nH]c2cn(C)nc12)c1ncccn1. The van der Waals surface area contributed by atoms with Crippen LogP contribution in [0.1, 0.15) is 25.2 Å². The van der Waals surface area contributed by atoms with Gasteiger partial charge in [-0.15, -0.1) is 0 Å². The maximum atomic E-state index is 13.3. The molecule has 168 valence electrons. The van der Waals surface area contributed by atoms with Crippen molar-refractivity contribution >= 4 is 33.6 Å². The van der Waals surface area contributed by atoms with Gasteiger partial charge in [0.1, 0.15) is 34.1 Å². The molecule has 0 aromatic carbocycles. The van der Waals surface area contributed by atoms with E-state index < -0.39 is 0 Å². The molecular weight excluding hydrogens is 420 g/mol. The topological polar surface area (TPSA) is 133 Å². The Kier molecular flexibility index (Phi) is 5.00. The first-order valence-corrected chi connectivity index (χ1v) is 10.6. The number of nitrogens with one attached hydrogen (secondary N) is 3. The third kappa shape index (κ3) is 3.67. The molecule has 0 aliphatic heterocycles. The van der Waals surface area contributed by atoms with Crippen LogP contribution in [0.2, 0.25) is 0 Å². The number of imidazole rings is 1. The molecule has 0 amide bonds. The van der Waals surface area contributed by atoms with E-state index in [1.54, 1.807) is 35.5 Å². The second-order valence-electron chi connectivity index (χ2n) is 8.02. The van der Waals surface area contributed by atoms with Gasteiger partial charge in [0.05, 0.1) is 29.0 Å². The number of nitrogens with zero attached hydrogens (tertiary/aromatic N) is 7. The highest BCUT2D eigenvalue weighted by molar-refractivity contribution is 5.96. The Bertz CT molecular complexity index is 1500. The Hall–Kier alpha value is -4.28. The van der Waals surface area contributed by atoms with Gasteiger partial charge in [-0.05, 0) is 12.5 Å².